The van der Waals surface area contributed by atoms with Crippen LogP contribution in [0.25, 0.3) is 0 Å². The third-order valence-corrected chi connectivity index (χ3v) is 4.01. The molecule has 0 fully saturated rings. The van der Waals surface area contributed by atoms with Crippen molar-refractivity contribution < 1.29 is 135 Å². The van der Waals surface area contributed by atoms with E-state index in [0.29, 0.717) is 19.4 Å². The van der Waals surface area contributed by atoms with Crippen molar-refractivity contribution in [2.24, 2.45) is 23.3 Å². The molecule has 0 aliphatic carbocycles. The summed E-state index contributed by atoms with van der Waals surface area (Å²) in [6, 6.07) is 0. The topological polar surface area (TPSA) is 416 Å². The van der Waals surface area contributed by atoms with Gasteiger partial charge in [-0.3, -0.25) is 24.6 Å². The van der Waals surface area contributed by atoms with Gasteiger partial charge in [0.15, 0.2) is 24.8 Å². The van der Waals surface area contributed by atoms with Gasteiger partial charge in [0.25, 0.3) is 20.3 Å². The number of rotatable bonds is 17. The van der Waals surface area contributed by atoms with E-state index < -0.39 is 45.5 Å². The zero-order chi connectivity index (χ0) is 37.8. The molecule has 0 aliphatic rings. The van der Waals surface area contributed by atoms with E-state index in [-0.39, 0.29) is 94.7 Å². The van der Waals surface area contributed by atoms with Crippen LogP contribution in [0.3, 0.4) is 0 Å². The Balaban J connectivity index is -0.0000000686. The van der Waals surface area contributed by atoms with Gasteiger partial charge < -0.3 is 41.8 Å². The SMILES string of the molecule is CC(=O)CO[N+](=O)[O-].CC(=O)CO[N+](=O)[O-].CC(CCCCC(=N)N)C(=O)O.CC(CCCCN)C(=O)O.O=[N+]([O-])O.O=[N+]([O-])O.[Y].[Y]. The molecule has 25 nitrogen and oxygen atoms in total. The van der Waals surface area contributed by atoms with Crippen LogP contribution in [-0.4, -0.2) is 90.1 Å². The Kier molecular flexibility index (Phi) is 60.5. The summed E-state index contributed by atoms with van der Waals surface area (Å²) in [5, 5.41) is 67.8. The van der Waals surface area contributed by atoms with Gasteiger partial charge in [-0.2, -0.15) is 0 Å². The predicted octanol–water partition coefficient (Wildman–Crippen LogP) is 0.907. The van der Waals surface area contributed by atoms with Gasteiger partial charge in [-0.05, 0) is 46.1 Å². The molecule has 9 N–H and O–H groups in total. The maximum Gasteiger partial charge on any atom is 0.306 e. The average molecular weight is 859 g/mol. The van der Waals surface area contributed by atoms with E-state index in [4.69, 9.17) is 57.7 Å². The van der Waals surface area contributed by atoms with Crippen molar-refractivity contribution in [1.82, 2.24) is 0 Å². The standard InChI is InChI=1S/C8H16N2O2.C7H15NO2.2C3H5NO4.2HNO3.2Y/c1-6(8(11)12)4-2-3-5-7(9)10;1-6(7(9)10)4-2-3-5-8;2*1-3(5)2-8-4(6)7;2*2-1(3)4;;/h6H,2-5H2,1H3,(H3,9,10)(H,11,12);6H,2-5,8H2,1H3,(H,9,10);2*2H2,1H3;2*(H,2,3,4);;. The van der Waals surface area contributed by atoms with Gasteiger partial charge in [-0.15, -0.1) is 40.5 Å². The van der Waals surface area contributed by atoms with Crippen LogP contribution in [0.4, 0.5) is 0 Å². The van der Waals surface area contributed by atoms with Gasteiger partial charge in [0.1, 0.15) is 0 Å². The monoisotopic (exact) mass is 859 g/mol. The van der Waals surface area contributed by atoms with Crippen molar-refractivity contribution in [1.29, 1.82) is 5.41 Å². The van der Waals surface area contributed by atoms with Gasteiger partial charge in [-0.1, -0.05) is 26.7 Å². The fourth-order valence-corrected chi connectivity index (χ4v) is 1.89. The summed E-state index contributed by atoms with van der Waals surface area (Å²) in [5.41, 5.74) is 10.4. The second kappa shape index (κ2) is 45.8. The van der Waals surface area contributed by atoms with Crippen molar-refractivity contribution >= 4 is 29.3 Å². The summed E-state index contributed by atoms with van der Waals surface area (Å²) in [4.78, 5) is 83.2. The molecule has 0 heterocycles. The van der Waals surface area contributed by atoms with Crippen LogP contribution in [0, 0.1) is 57.7 Å². The summed E-state index contributed by atoms with van der Waals surface area (Å²) in [6.07, 6.45) is 5.48. The summed E-state index contributed by atoms with van der Waals surface area (Å²) in [7, 11) is 0. The van der Waals surface area contributed by atoms with E-state index in [1.165, 1.54) is 13.8 Å². The Bertz CT molecular complexity index is 856. The predicted molar refractivity (Wildman–Crippen MR) is 152 cm³/mol. The largest absolute Gasteiger partial charge is 0.481 e. The molecular weight excluding hydrogens is 816 g/mol. The Morgan fingerprint density at radius 2 is 0.979 bits per heavy atom. The summed E-state index contributed by atoms with van der Waals surface area (Å²) in [6.45, 7) is 5.59. The van der Waals surface area contributed by atoms with Crippen LogP contribution < -0.4 is 11.5 Å². The molecule has 0 amide bonds. The molecule has 2 unspecified atom stereocenters. The van der Waals surface area contributed by atoms with Crippen molar-refractivity contribution in [3.8, 4) is 0 Å². The number of carbonyl (C=O) groups excluding carboxylic acids is 2. The number of unbranched alkanes of at least 4 members (excludes halogenated alkanes) is 2. The van der Waals surface area contributed by atoms with Gasteiger partial charge in [0.2, 0.25) is 0 Å². The summed E-state index contributed by atoms with van der Waals surface area (Å²) in [5.74, 6) is -2.50. The van der Waals surface area contributed by atoms with E-state index in [2.05, 4.69) is 9.68 Å². The number of hydrogen-bond donors (Lipinski definition) is 7. The first-order valence-corrected chi connectivity index (χ1v) is 12.6. The number of nitrogens with one attached hydrogen (secondary N) is 1. The van der Waals surface area contributed by atoms with Crippen molar-refractivity contribution in [3.05, 3.63) is 40.5 Å². The van der Waals surface area contributed by atoms with Crippen molar-refractivity contribution in [3.63, 3.8) is 0 Å². The van der Waals surface area contributed by atoms with Crippen LogP contribution in [0.2, 0.25) is 0 Å². The van der Waals surface area contributed by atoms with E-state index in [1.54, 1.807) is 13.8 Å². The quantitative estimate of drug-likeness (QED) is 0.0351. The first kappa shape index (κ1) is 63.4. The Labute approximate surface area is 324 Å². The maximum absolute atomic E-state index is 10.4. The van der Waals surface area contributed by atoms with Crippen molar-refractivity contribution in [2.75, 3.05) is 19.8 Å². The smallest absolute Gasteiger partial charge is 0.306 e. The third-order valence-electron chi connectivity index (χ3n) is 4.01. The zero-order valence-corrected chi connectivity index (χ0v) is 32.5. The molecule has 27 heteroatoms. The number of carboxylic acid groups (broad SMARTS) is 2. The first-order chi connectivity index (χ1) is 20.9. The average Bonchev–Trinajstić information content (AvgIpc) is 2.89. The van der Waals surface area contributed by atoms with Gasteiger partial charge in [0, 0.05) is 71.8 Å². The minimum atomic E-state index is -1.50. The molecule has 48 heavy (non-hydrogen) atoms. The van der Waals surface area contributed by atoms with E-state index >= 15 is 0 Å². The van der Waals surface area contributed by atoms with E-state index in [1.807, 2.05) is 0 Å². The second-order valence-electron chi connectivity index (χ2n) is 8.41. The molecule has 0 aromatic rings. The molecule has 0 spiro atoms. The van der Waals surface area contributed by atoms with E-state index in [0.717, 1.165) is 32.1 Å². The van der Waals surface area contributed by atoms with Crippen LogP contribution in [-0.2, 0) is 94.3 Å². The number of Topliss-reactive ketones (excluding diaryl/α,β-unsaturated/α-hetero) is 2. The Morgan fingerprint density at radius 3 is 1.15 bits per heavy atom. The minimum absolute atomic E-state index is 0. The third kappa shape index (κ3) is 104. The molecular formula is C21H43N7O18Y2. The van der Waals surface area contributed by atoms with Gasteiger partial charge in [-0.25, -0.2) is 0 Å². The molecule has 0 aromatic carbocycles. The van der Waals surface area contributed by atoms with Crippen molar-refractivity contribution in [2.45, 2.75) is 72.6 Å². The number of hydrogen-bond acceptors (Lipinski definition) is 16. The van der Waals surface area contributed by atoms with Gasteiger partial charge in [0.05, 0.1) is 17.7 Å². The summed E-state index contributed by atoms with van der Waals surface area (Å²) >= 11 is 0. The molecule has 0 aliphatic heterocycles. The van der Waals surface area contributed by atoms with Crippen LogP contribution in [0.15, 0.2) is 0 Å². The molecule has 0 saturated heterocycles. The minimum Gasteiger partial charge on any atom is -0.481 e. The zero-order valence-electron chi connectivity index (χ0n) is 26.8. The molecule has 0 saturated carbocycles. The molecule has 2 atom stereocenters. The number of carboxylic acids is 2. The van der Waals surface area contributed by atoms with Crippen LogP contribution in [0.1, 0.15) is 72.6 Å². The van der Waals surface area contributed by atoms with Gasteiger partial charge >= 0.3 is 11.9 Å². The molecule has 2 radical (unpaired) electrons. The number of amidine groups is 1. The number of nitrogens with two attached hydrogens (primary N) is 2. The van der Waals surface area contributed by atoms with E-state index in [9.17, 15) is 39.4 Å². The number of ketones is 2. The maximum atomic E-state index is 10.4. The number of nitrogens with zero attached hydrogens (tertiary/aromatic N) is 4. The fraction of sp³-hybridized carbons (Fsp3) is 0.762. The Hall–Kier alpha value is -3.28. The normalized spacial score (nSPS) is 9.52. The first-order valence-electron chi connectivity index (χ1n) is 12.6. The number of carbonyl (C=O) groups is 4. The molecule has 0 rings (SSSR count). The fourth-order valence-electron chi connectivity index (χ4n) is 1.89. The van der Waals surface area contributed by atoms with Crippen LogP contribution >= 0.6 is 0 Å². The second-order valence-corrected chi connectivity index (χ2v) is 8.41. The molecule has 0 bridgehead atoms. The summed E-state index contributed by atoms with van der Waals surface area (Å²) < 4.78 is 0. The molecule has 0 aromatic heterocycles. The number of aliphatic carboxylic acids is 2. The molecule has 276 valence electrons. The Morgan fingerprint density at radius 1 is 0.708 bits per heavy atom. The van der Waals surface area contributed by atoms with Crippen LogP contribution in [0.5, 0.6) is 0 Å².